The predicted molar refractivity (Wildman–Crippen MR) is 110 cm³/mol. The third-order valence-electron chi connectivity index (χ3n) is 5.98. The molecule has 1 saturated carbocycles. The fourth-order valence-electron chi connectivity index (χ4n) is 4.37. The van der Waals surface area contributed by atoms with Crippen LogP contribution in [0.3, 0.4) is 0 Å². The minimum atomic E-state index is -0.590. The van der Waals surface area contributed by atoms with Crippen molar-refractivity contribution in [2.75, 3.05) is 6.61 Å². The highest BCUT2D eigenvalue weighted by atomic mass is 16.5. The largest absolute Gasteiger partial charge is 0.489 e. The normalized spacial score (nSPS) is 26.8. The van der Waals surface area contributed by atoms with E-state index in [0.29, 0.717) is 25.9 Å². The summed E-state index contributed by atoms with van der Waals surface area (Å²) in [5, 5.41) is 21.0. The molecule has 5 heteroatoms. The van der Waals surface area contributed by atoms with E-state index in [-0.39, 0.29) is 23.9 Å². The van der Waals surface area contributed by atoms with Crippen molar-refractivity contribution in [1.29, 1.82) is 0 Å². The molecule has 0 amide bonds. The van der Waals surface area contributed by atoms with E-state index in [1.807, 2.05) is 25.1 Å². The quantitative estimate of drug-likeness (QED) is 0.289. The summed E-state index contributed by atoms with van der Waals surface area (Å²) < 4.78 is 11.0. The van der Waals surface area contributed by atoms with E-state index in [4.69, 9.17) is 9.47 Å². The van der Waals surface area contributed by atoms with Gasteiger partial charge in [0.05, 0.1) is 18.8 Å². The first-order chi connectivity index (χ1) is 14.1. The van der Waals surface area contributed by atoms with Gasteiger partial charge in [0.15, 0.2) is 0 Å². The summed E-state index contributed by atoms with van der Waals surface area (Å²) in [6.45, 7) is 4.63. The molecule has 6 atom stereocenters. The van der Waals surface area contributed by atoms with Gasteiger partial charge in [-0.3, -0.25) is 4.79 Å². The summed E-state index contributed by atoms with van der Waals surface area (Å²) in [7, 11) is 0. The average molecular weight is 398 g/mol. The number of fused-ring (bicyclic) bond motifs is 3. The fraction of sp³-hybridized carbons (Fsp3) is 0.542. The van der Waals surface area contributed by atoms with Gasteiger partial charge < -0.3 is 19.7 Å². The number of hydrogen-bond acceptors (Lipinski definition) is 5. The zero-order chi connectivity index (χ0) is 20.8. The van der Waals surface area contributed by atoms with E-state index in [0.717, 1.165) is 29.7 Å². The van der Waals surface area contributed by atoms with Crippen LogP contribution >= 0.6 is 0 Å². The van der Waals surface area contributed by atoms with Gasteiger partial charge in [0, 0.05) is 30.2 Å². The van der Waals surface area contributed by atoms with Crippen molar-refractivity contribution < 1.29 is 24.5 Å². The van der Waals surface area contributed by atoms with Crippen LogP contribution in [0.4, 0.5) is 0 Å². The molecule has 1 heterocycles. The van der Waals surface area contributed by atoms with Gasteiger partial charge in [0.25, 0.3) is 6.47 Å². The Morgan fingerprint density at radius 1 is 1.41 bits per heavy atom. The Bertz CT molecular complexity index is 790. The highest BCUT2D eigenvalue weighted by molar-refractivity contribution is 5.49. The summed E-state index contributed by atoms with van der Waals surface area (Å²) in [6.07, 6.45) is 5.36. The molecule has 3 rings (SSSR count). The third-order valence-corrected chi connectivity index (χ3v) is 5.98. The van der Waals surface area contributed by atoms with Gasteiger partial charge in [0.2, 0.25) is 0 Å². The molecule has 5 nitrogen and oxygen atoms in total. The maximum atomic E-state index is 10.6. The third kappa shape index (κ3) is 4.83. The van der Waals surface area contributed by atoms with Gasteiger partial charge >= 0.3 is 0 Å². The van der Waals surface area contributed by atoms with E-state index in [9.17, 15) is 15.0 Å². The topological polar surface area (TPSA) is 76.0 Å². The highest BCUT2D eigenvalue weighted by Crippen LogP contribution is 2.52. The number of carbonyl (C=O) groups is 1. The van der Waals surface area contributed by atoms with E-state index in [1.54, 1.807) is 13.0 Å². The van der Waals surface area contributed by atoms with Crippen LogP contribution in [0.1, 0.15) is 50.2 Å². The molecule has 2 aliphatic rings. The molecule has 0 bridgehead atoms. The monoisotopic (exact) mass is 398 g/mol. The Morgan fingerprint density at radius 2 is 2.24 bits per heavy atom. The Morgan fingerprint density at radius 3 is 3.00 bits per heavy atom. The zero-order valence-corrected chi connectivity index (χ0v) is 17.1. The molecule has 1 aromatic rings. The zero-order valence-electron chi connectivity index (χ0n) is 17.1. The van der Waals surface area contributed by atoms with Crippen molar-refractivity contribution in [1.82, 2.24) is 0 Å². The number of hydrogen-bond donors (Lipinski definition) is 2. The van der Waals surface area contributed by atoms with Crippen molar-refractivity contribution in [2.45, 2.75) is 63.8 Å². The number of ether oxygens (including phenoxy) is 2. The molecule has 0 spiro atoms. The van der Waals surface area contributed by atoms with Crippen molar-refractivity contribution in [2.24, 2.45) is 11.8 Å². The van der Waals surface area contributed by atoms with Gasteiger partial charge in [-0.2, -0.15) is 0 Å². The predicted octanol–water partition coefficient (Wildman–Crippen LogP) is 2.98. The lowest BCUT2D eigenvalue weighted by Crippen LogP contribution is -2.19. The lowest BCUT2D eigenvalue weighted by molar-refractivity contribution is -0.128. The molecule has 1 unspecified atom stereocenters. The average Bonchev–Trinajstić information content (AvgIpc) is 3.22. The van der Waals surface area contributed by atoms with Crippen molar-refractivity contribution in [3.63, 3.8) is 0 Å². The number of aryl methyl sites for hydroxylation is 1. The summed E-state index contributed by atoms with van der Waals surface area (Å²) in [4.78, 5) is 10.3. The maximum Gasteiger partial charge on any atom is 0.293 e. The van der Waals surface area contributed by atoms with Crippen molar-refractivity contribution in [3.05, 3.63) is 41.5 Å². The van der Waals surface area contributed by atoms with Crippen LogP contribution in [0.2, 0.25) is 0 Å². The lowest BCUT2D eigenvalue weighted by atomic mass is 9.86. The highest BCUT2D eigenvalue weighted by Gasteiger charge is 2.48. The summed E-state index contributed by atoms with van der Waals surface area (Å²) >= 11 is 0. The molecular weight excluding hydrogens is 368 g/mol. The molecule has 0 saturated heterocycles. The second kappa shape index (κ2) is 9.96. The Hall–Kier alpha value is -2.29. The molecule has 1 fully saturated rings. The molecule has 2 N–H and O–H groups in total. The van der Waals surface area contributed by atoms with Gasteiger partial charge in [-0.15, -0.1) is 11.8 Å². The molecule has 1 aliphatic carbocycles. The number of carbonyl (C=O) groups excluding carboxylic acids is 1. The standard InChI is InChI=1S/C24H30O5/c1-3-4-7-16(2)20(26)12-11-18-21(27)14-22-23(18)19-10-5-8-17(24(19)29-22)9-6-13-28-15-25/h5,8,10-12,15-16,18,20-23,26-27H,6-7,9,13-14H2,1-2H3/b12-11+/t16?,18-,20+,21+,22-,23-/m0/s1. The van der Waals surface area contributed by atoms with Crippen molar-refractivity contribution in [3.8, 4) is 17.6 Å². The minimum absolute atomic E-state index is 0.0420. The fourth-order valence-corrected chi connectivity index (χ4v) is 4.37. The summed E-state index contributed by atoms with van der Waals surface area (Å²) in [5.41, 5.74) is 2.23. The summed E-state index contributed by atoms with van der Waals surface area (Å²) in [6, 6.07) is 6.13. The van der Waals surface area contributed by atoms with Gasteiger partial charge in [-0.25, -0.2) is 0 Å². The number of rotatable bonds is 9. The maximum absolute atomic E-state index is 10.6. The molecule has 0 radical (unpaired) electrons. The molecule has 1 aliphatic heterocycles. The van der Waals surface area contributed by atoms with Gasteiger partial charge in [-0.05, 0) is 31.2 Å². The second-order valence-electron chi connectivity index (χ2n) is 7.95. The van der Waals surface area contributed by atoms with Crippen LogP contribution in [0.15, 0.2) is 30.4 Å². The minimum Gasteiger partial charge on any atom is -0.489 e. The first-order valence-corrected chi connectivity index (χ1v) is 10.3. The van der Waals surface area contributed by atoms with E-state index >= 15 is 0 Å². The SMILES string of the molecule is CC#CCC(C)[C@H](O)/C=C/[C@@H]1[C@H]2c3cccc(CCCOC=O)c3O[C@H]2C[C@H]1O. The molecule has 156 valence electrons. The van der Waals surface area contributed by atoms with Crippen LogP contribution < -0.4 is 4.74 Å². The number of aliphatic hydroxyl groups excluding tert-OH is 2. The smallest absolute Gasteiger partial charge is 0.293 e. The molecule has 0 aromatic heterocycles. The van der Waals surface area contributed by atoms with Crippen LogP contribution in [0.5, 0.6) is 5.75 Å². The molecule has 29 heavy (non-hydrogen) atoms. The van der Waals surface area contributed by atoms with Crippen LogP contribution in [0.25, 0.3) is 0 Å². The first-order valence-electron chi connectivity index (χ1n) is 10.3. The lowest BCUT2D eigenvalue weighted by Gasteiger charge is -2.19. The second-order valence-corrected chi connectivity index (χ2v) is 7.95. The van der Waals surface area contributed by atoms with E-state index in [2.05, 4.69) is 17.9 Å². The number of para-hydroxylation sites is 1. The Balaban J connectivity index is 1.73. The van der Waals surface area contributed by atoms with Crippen LogP contribution in [0, 0.1) is 23.7 Å². The van der Waals surface area contributed by atoms with Crippen molar-refractivity contribution >= 4 is 6.47 Å². The molecule has 1 aromatic carbocycles. The van der Waals surface area contributed by atoms with Crippen LogP contribution in [-0.4, -0.2) is 41.6 Å². The van der Waals surface area contributed by atoms with E-state index < -0.39 is 12.2 Å². The number of benzene rings is 1. The first kappa shape index (κ1) is 21.4. The van der Waals surface area contributed by atoms with E-state index in [1.165, 1.54) is 0 Å². The van der Waals surface area contributed by atoms with Gasteiger partial charge in [0.1, 0.15) is 11.9 Å². The number of aliphatic hydroxyl groups is 2. The molecular formula is C24H30O5. The van der Waals surface area contributed by atoms with Gasteiger partial charge in [-0.1, -0.05) is 37.3 Å². The Kier molecular flexibility index (Phi) is 7.35. The van der Waals surface area contributed by atoms with Crippen LogP contribution in [-0.2, 0) is 16.0 Å². The Labute approximate surface area is 172 Å². The summed E-state index contributed by atoms with van der Waals surface area (Å²) in [5.74, 6) is 6.81.